The molecule has 0 aliphatic carbocycles. The molecule has 0 fully saturated rings. The molecule has 0 aliphatic rings. The van der Waals surface area contributed by atoms with Crippen LogP contribution in [0.25, 0.3) is 11.5 Å². The molecule has 21 heavy (non-hydrogen) atoms. The van der Waals surface area contributed by atoms with Crippen molar-refractivity contribution in [2.75, 3.05) is 5.73 Å². The van der Waals surface area contributed by atoms with Crippen molar-refractivity contribution in [3.8, 4) is 11.5 Å². The third-order valence-electron chi connectivity index (χ3n) is 2.69. The molecule has 106 valence electrons. The summed E-state index contributed by atoms with van der Waals surface area (Å²) in [4.78, 5) is 9.04. The molecule has 0 saturated carbocycles. The summed E-state index contributed by atoms with van der Waals surface area (Å²) >= 11 is 1.34. The second-order valence-electron chi connectivity index (χ2n) is 4.20. The Morgan fingerprint density at radius 1 is 1.24 bits per heavy atom. The minimum Gasteiger partial charge on any atom is -0.398 e. The van der Waals surface area contributed by atoms with Crippen LogP contribution in [0.3, 0.4) is 0 Å². The number of pyridine rings is 1. The highest BCUT2D eigenvalue weighted by Gasteiger charge is 2.10. The fourth-order valence-corrected chi connectivity index (χ4v) is 2.51. The molecule has 0 atom stereocenters. The molecule has 2 heterocycles. The Balaban J connectivity index is 1.72. The van der Waals surface area contributed by atoms with E-state index in [1.54, 1.807) is 12.3 Å². The molecule has 0 unspecified atom stereocenters. The van der Waals surface area contributed by atoms with Gasteiger partial charge in [-0.2, -0.15) is 4.98 Å². The third-order valence-corrected chi connectivity index (χ3v) is 3.74. The lowest BCUT2D eigenvalue weighted by molar-refractivity contribution is 0.391. The summed E-state index contributed by atoms with van der Waals surface area (Å²) in [7, 11) is 0. The molecule has 0 saturated heterocycles. The van der Waals surface area contributed by atoms with Crippen LogP contribution in [0.1, 0.15) is 5.89 Å². The van der Waals surface area contributed by atoms with Crippen molar-refractivity contribution in [3.63, 3.8) is 0 Å². The number of nitrogens with two attached hydrogens (primary N) is 1. The van der Waals surface area contributed by atoms with Crippen LogP contribution in [-0.4, -0.2) is 15.1 Å². The number of anilines is 1. The van der Waals surface area contributed by atoms with Crippen LogP contribution in [0.4, 0.5) is 10.1 Å². The molecule has 7 heteroatoms. The SMILES string of the molecule is Nc1ccc(F)cc1SCc1nc(-c2ccccn2)no1. The summed E-state index contributed by atoms with van der Waals surface area (Å²) < 4.78 is 18.3. The van der Waals surface area contributed by atoms with E-state index < -0.39 is 0 Å². The maximum absolute atomic E-state index is 13.2. The normalized spacial score (nSPS) is 10.7. The zero-order chi connectivity index (χ0) is 14.7. The number of nitrogen functional groups attached to an aromatic ring is 1. The van der Waals surface area contributed by atoms with Crippen LogP contribution in [-0.2, 0) is 5.75 Å². The molecule has 3 rings (SSSR count). The van der Waals surface area contributed by atoms with Gasteiger partial charge in [-0.05, 0) is 30.3 Å². The molecule has 2 aromatic heterocycles. The number of rotatable bonds is 4. The standard InChI is InChI=1S/C14H11FN4OS/c15-9-4-5-10(16)12(7-9)21-8-13-18-14(19-20-13)11-3-1-2-6-17-11/h1-7H,8,16H2. The third kappa shape index (κ3) is 3.19. The van der Waals surface area contributed by atoms with Gasteiger partial charge in [0, 0.05) is 16.8 Å². The number of halogens is 1. The Labute approximate surface area is 124 Å². The van der Waals surface area contributed by atoms with Crippen molar-refractivity contribution in [1.82, 2.24) is 15.1 Å². The summed E-state index contributed by atoms with van der Waals surface area (Å²) in [5, 5.41) is 3.87. The number of hydrogen-bond donors (Lipinski definition) is 1. The van der Waals surface area contributed by atoms with Gasteiger partial charge in [0.05, 0.1) is 5.75 Å². The second-order valence-corrected chi connectivity index (χ2v) is 5.21. The first-order valence-corrected chi connectivity index (χ1v) is 7.13. The van der Waals surface area contributed by atoms with Crippen LogP contribution in [0.2, 0.25) is 0 Å². The van der Waals surface area contributed by atoms with Gasteiger partial charge in [-0.1, -0.05) is 11.2 Å². The van der Waals surface area contributed by atoms with Crippen molar-refractivity contribution < 1.29 is 8.91 Å². The van der Waals surface area contributed by atoms with Crippen molar-refractivity contribution >= 4 is 17.4 Å². The molecular weight excluding hydrogens is 291 g/mol. The van der Waals surface area contributed by atoms with Gasteiger partial charge in [0.25, 0.3) is 0 Å². The van der Waals surface area contributed by atoms with Crippen LogP contribution in [0.5, 0.6) is 0 Å². The summed E-state index contributed by atoms with van der Waals surface area (Å²) in [5.41, 5.74) is 6.95. The van der Waals surface area contributed by atoms with Crippen LogP contribution in [0.15, 0.2) is 52.0 Å². The van der Waals surface area contributed by atoms with Crippen molar-refractivity contribution in [2.24, 2.45) is 0 Å². The minimum atomic E-state index is -0.327. The maximum Gasteiger partial charge on any atom is 0.237 e. The van der Waals surface area contributed by atoms with E-state index in [2.05, 4.69) is 15.1 Å². The lowest BCUT2D eigenvalue weighted by Gasteiger charge is -2.02. The molecular formula is C14H11FN4OS. The van der Waals surface area contributed by atoms with Crippen molar-refractivity contribution in [1.29, 1.82) is 0 Å². The maximum atomic E-state index is 13.2. The quantitative estimate of drug-likeness (QED) is 0.589. The molecule has 1 aromatic carbocycles. The molecule has 0 spiro atoms. The summed E-state index contributed by atoms with van der Waals surface area (Å²) in [6.45, 7) is 0. The monoisotopic (exact) mass is 302 g/mol. The number of thioether (sulfide) groups is 1. The predicted octanol–water partition coefficient (Wildman–Crippen LogP) is 3.15. The van der Waals surface area contributed by atoms with E-state index in [1.807, 2.05) is 12.1 Å². The van der Waals surface area contributed by atoms with Crippen LogP contribution in [0, 0.1) is 5.82 Å². The Kier molecular flexibility index (Phi) is 3.83. The molecule has 0 radical (unpaired) electrons. The van der Waals surface area contributed by atoms with Crippen molar-refractivity contribution in [2.45, 2.75) is 10.6 Å². The molecule has 0 amide bonds. The van der Waals surface area contributed by atoms with E-state index in [1.165, 1.54) is 30.0 Å². The van der Waals surface area contributed by atoms with Crippen LogP contribution < -0.4 is 5.73 Å². The first-order chi connectivity index (χ1) is 10.2. The zero-order valence-electron chi connectivity index (χ0n) is 10.9. The van der Waals surface area contributed by atoms with Gasteiger partial charge in [-0.15, -0.1) is 11.8 Å². The van der Waals surface area contributed by atoms with Gasteiger partial charge < -0.3 is 10.3 Å². The average Bonchev–Trinajstić information content (AvgIpc) is 2.98. The lowest BCUT2D eigenvalue weighted by atomic mass is 10.3. The van der Waals surface area contributed by atoms with Gasteiger partial charge in [0.2, 0.25) is 11.7 Å². The topological polar surface area (TPSA) is 77.8 Å². The first-order valence-electron chi connectivity index (χ1n) is 6.14. The number of aromatic nitrogens is 3. The molecule has 2 N–H and O–H groups in total. The first kappa shape index (κ1) is 13.6. The summed E-state index contributed by atoms with van der Waals surface area (Å²) in [6.07, 6.45) is 1.66. The molecule has 3 aromatic rings. The molecule has 5 nitrogen and oxygen atoms in total. The van der Waals surface area contributed by atoms with E-state index in [-0.39, 0.29) is 5.82 Å². The van der Waals surface area contributed by atoms with Gasteiger partial charge in [0.15, 0.2) is 0 Å². The predicted molar refractivity (Wildman–Crippen MR) is 77.9 cm³/mol. The average molecular weight is 302 g/mol. The Morgan fingerprint density at radius 3 is 2.95 bits per heavy atom. The van der Waals surface area contributed by atoms with Gasteiger partial charge in [0.1, 0.15) is 11.5 Å². The highest BCUT2D eigenvalue weighted by atomic mass is 32.2. The van der Waals surface area contributed by atoms with Gasteiger partial charge >= 0.3 is 0 Å². The van der Waals surface area contributed by atoms with E-state index >= 15 is 0 Å². The van der Waals surface area contributed by atoms with E-state index in [9.17, 15) is 4.39 Å². The summed E-state index contributed by atoms with van der Waals surface area (Å²) in [6, 6.07) is 9.70. The fourth-order valence-electron chi connectivity index (χ4n) is 1.69. The van der Waals surface area contributed by atoms with E-state index in [0.717, 1.165) is 0 Å². The highest BCUT2D eigenvalue weighted by Crippen LogP contribution is 2.28. The minimum absolute atomic E-state index is 0.327. The fraction of sp³-hybridized carbons (Fsp3) is 0.0714. The lowest BCUT2D eigenvalue weighted by Crippen LogP contribution is -1.90. The Hall–Kier alpha value is -2.41. The van der Waals surface area contributed by atoms with E-state index in [4.69, 9.17) is 10.3 Å². The molecule has 0 bridgehead atoms. The highest BCUT2D eigenvalue weighted by molar-refractivity contribution is 7.98. The van der Waals surface area contributed by atoms with Gasteiger partial charge in [-0.3, -0.25) is 4.98 Å². The smallest absolute Gasteiger partial charge is 0.237 e. The van der Waals surface area contributed by atoms with Crippen molar-refractivity contribution in [3.05, 3.63) is 54.3 Å². The van der Waals surface area contributed by atoms with Crippen LogP contribution >= 0.6 is 11.8 Å². The summed E-state index contributed by atoms with van der Waals surface area (Å²) in [5.74, 6) is 0.946. The number of benzene rings is 1. The zero-order valence-corrected chi connectivity index (χ0v) is 11.7. The second kappa shape index (κ2) is 5.92. The Morgan fingerprint density at radius 2 is 2.14 bits per heavy atom. The number of hydrogen-bond acceptors (Lipinski definition) is 6. The number of nitrogens with zero attached hydrogens (tertiary/aromatic N) is 3. The molecule has 0 aliphatic heterocycles. The van der Waals surface area contributed by atoms with E-state index in [0.29, 0.717) is 33.7 Å². The largest absolute Gasteiger partial charge is 0.398 e. The Bertz CT molecular complexity index is 748. The van der Waals surface area contributed by atoms with Gasteiger partial charge in [-0.25, -0.2) is 4.39 Å².